The van der Waals surface area contributed by atoms with Crippen LogP contribution < -0.4 is 10.2 Å². The fraction of sp³-hybridized carbons (Fsp3) is 0.389. The number of aryl methyl sites for hydroxylation is 2. The van der Waals surface area contributed by atoms with Crippen LogP contribution in [0.15, 0.2) is 30.0 Å². The van der Waals surface area contributed by atoms with Crippen molar-refractivity contribution in [3.8, 4) is 0 Å². The Balaban J connectivity index is 1.54. The lowest BCUT2D eigenvalue weighted by molar-refractivity contribution is 0.497. The normalized spacial score (nSPS) is 17.3. The van der Waals surface area contributed by atoms with Gasteiger partial charge in [0.2, 0.25) is 0 Å². The molecule has 1 aliphatic rings. The molecule has 1 N–H and O–H groups in total. The van der Waals surface area contributed by atoms with Gasteiger partial charge in [-0.05, 0) is 32.8 Å². The van der Waals surface area contributed by atoms with Crippen molar-refractivity contribution >= 4 is 28.1 Å². The molecule has 0 bridgehead atoms. The van der Waals surface area contributed by atoms with Crippen LogP contribution in [0, 0.1) is 13.8 Å². The zero-order valence-corrected chi connectivity index (χ0v) is 15.7. The SMILES string of the molecule is Cc1csc(Nc2cc(C3CCCN(c4ccncn4)C3)nc(C)n2)n1. The van der Waals surface area contributed by atoms with E-state index in [0.717, 1.165) is 59.9 Å². The molecule has 3 aromatic heterocycles. The molecule has 0 amide bonds. The Kier molecular flexibility index (Phi) is 4.75. The summed E-state index contributed by atoms with van der Waals surface area (Å²) in [4.78, 5) is 24.4. The van der Waals surface area contributed by atoms with Gasteiger partial charge in [0.1, 0.15) is 23.8 Å². The molecule has 1 unspecified atom stereocenters. The van der Waals surface area contributed by atoms with Gasteiger partial charge in [0, 0.05) is 36.7 Å². The maximum Gasteiger partial charge on any atom is 0.188 e. The highest BCUT2D eigenvalue weighted by atomic mass is 32.1. The summed E-state index contributed by atoms with van der Waals surface area (Å²) in [6.07, 6.45) is 5.63. The van der Waals surface area contributed by atoms with Gasteiger partial charge in [-0.25, -0.2) is 24.9 Å². The third kappa shape index (κ3) is 3.80. The highest BCUT2D eigenvalue weighted by molar-refractivity contribution is 7.13. The monoisotopic (exact) mass is 367 g/mol. The molecule has 4 rings (SSSR count). The van der Waals surface area contributed by atoms with Gasteiger partial charge in [-0.3, -0.25) is 0 Å². The van der Waals surface area contributed by atoms with Crippen molar-refractivity contribution in [3.05, 3.63) is 47.2 Å². The second-order valence-electron chi connectivity index (χ2n) is 6.50. The van der Waals surface area contributed by atoms with Crippen LogP contribution >= 0.6 is 11.3 Å². The van der Waals surface area contributed by atoms with Crippen LogP contribution in [-0.4, -0.2) is 38.0 Å². The maximum atomic E-state index is 4.70. The Morgan fingerprint density at radius 3 is 2.92 bits per heavy atom. The Morgan fingerprint density at radius 1 is 1.23 bits per heavy atom. The predicted molar refractivity (Wildman–Crippen MR) is 103 cm³/mol. The van der Waals surface area contributed by atoms with Crippen molar-refractivity contribution in [2.75, 3.05) is 23.3 Å². The van der Waals surface area contributed by atoms with Gasteiger partial charge in [-0.2, -0.15) is 0 Å². The average Bonchev–Trinajstić information content (AvgIpc) is 3.07. The second kappa shape index (κ2) is 7.33. The number of rotatable bonds is 4. The zero-order valence-electron chi connectivity index (χ0n) is 14.9. The van der Waals surface area contributed by atoms with Gasteiger partial charge < -0.3 is 10.2 Å². The van der Waals surface area contributed by atoms with Crippen LogP contribution in [0.5, 0.6) is 0 Å². The molecule has 0 aromatic carbocycles. The minimum atomic E-state index is 0.360. The van der Waals surface area contributed by atoms with Crippen molar-refractivity contribution in [1.29, 1.82) is 0 Å². The van der Waals surface area contributed by atoms with E-state index < -0.39 is 0 Å². The number of hydrogen-bond donors (Lipinski definition) is 1. The van der Waals surface area contributed by atoms with E-state index in [1.54, 1.807) is 23.9 Å². The number of aromatic nitrogens is 5. The Morgan fingerprint density at radius 2 is 2.15 bits per heavy atom. The molecule has 1 saturated heterocycles. The molecule has 134 valence electrons. The highest BCUT2D eigenvalue weighted by Crippen LogP contribution is 2.29. The van der Waals surface area contributed by atoms with Crippen molar-refractivity contribution in [2.45, 2.75) is 32.6 Å². The first-order valence-electron chi connectivity index (χ1n) is 8.73. The molecule has 3 aromatic rings. The zero-order chi connectivity index (χ0) is 17.9. The smallest absolute Gasteiger partial charge is 0.188 e. The van der Waals surface area contributed by atoms with E-state index in [4.69, 9.17) is 4.98 Å². The van der Waals surface area contributed by atoms with E-state index >= 15 is 0 Å². The van der Waals surface area contributed by atoms with Crippen molar-refractivity contribution in [3.63, 3.8) is 0 Å². The number of thiazole rings is 1. The lowest BCUT2D eigenvalue weighted by atomic mass is 9.94. The minimum absolute atomic E-state index is 0.360. The molecule has 0 saturated carbocycles. The van der Waals surface area contributed by atoms with Crippen LogP contribution in [0.4, 0.5) is 16.8 Å². The lowest BCUT2D eigenvalue weighted by Crippen LogP contribution is -2.35. The highest BCUT2D eigenvalue weighted by Gasteiger charge is 2.24. The number of hydrogen-bond acceptors (Lipinski definition) is 8. The van der Waals surface area contributed by atoms with Gasteiger partial charge >= 0.3 is 0 Å². The topological polar surface area (TPSA) is 79.7 Å². The quantitative estimate of drug-likeness (QED) is 0.756. The fourth-order valence-electron chi connectivity index (χ4n) is 3.28. The molecule has 4 heterocycles. The summed E-state index contributed by atoms with van der Waals surface area (Å²) < 4.78 is 0. The molecule has 1 fully saturated rings. The molecule has 1 atom stereocenters. The van der Waals surface area contributed by atoms with Crippen LogP contribution in [0.3, 0.4) is 0 Å². The predicted octanol–water partition coefficient (Wildman–Crippen LogP) is 3.47. The first kappa shape index (κ1) is 16.8. The van der Waals surface area contributed by atoms with Crippen LogP contribution in [0.25, 0.3) is 0 Å². The summed E-state index contributed by atoms with van der Waals surface area (Å²) in [5.41, 5.74) is 2.09. The molecule has 0 spiro atoms. The lowest BCUT2D eigenvalue weighted by Gasteiger charge is -2.33. The van der Waals surface area contributed by atoms with E-state index in [1.165, 1.54) is 0 Å². The second-order valence-corrected chi connectivity index (χ2v) is 7.36. The van der Waals surface area contributed by atoms with Crippen LogP contribution in [-0.2, 0) is 0 Å². The molecular formula is C18H21N7S. The molecule has 26 heavy (non-hydrogen) atoms. The maximum absolute atomic E-state index is 4.70. The van der Waals surface area contributed by atoms with Crippen molar-refractivity contribution in [1.82, 2.24) is 24.9 Å². The van der Waals surface area contributed by atoms with Gasteiger partial charge in [0.25, 0.3) is 0 Å². The van der Waals surface area contributed by atoms with Gasteiger partial charge in [-0.1, -0.05) is 0 Å². The van der Waals surface area contributed by atoms with E-state index in [9.17, 15) is 0 Å². The summed E-state index contributed by atoms with van der Waals surface area (Å²) >= 11 is 1.58. The largest absolute Gasteiger partial charge is 0.356 e. The Bertz CT molecular complexity index is 880. The number of anilines is 3. The van der Waals surface area contributed by atoms with E-state index in [1.807, 2.05) is 25.3 Å². The number of nitrogens with zero attached hydrogens (tertiary/aromatic N) is 6. The minimum Gasteiger partial charge on any atom is -0.356 e. The van der Waals surface area contributed by atoms with E-state index in [-0.39, 0.29) is 0 Å². The van der Waals surface area contributed by atoms with Gasteiger partial charge in [0.15, 0.2) is 5.13 Å². The molecule has 0 aliphatic carbocycles. The van der Waals surface area contributed by atoms with E-state index in [2.05, 4.69) is 36.2 Å². The fourth-order valence-corrected chi connectivity index (χ4v) is 3.98. The molecule has 0 radical (unpaired) electrons. The van der Waals surface area contributed by atoms with Crippen molar-refractivity contribution in [2.24, 2.45) is 0 Å². The first-order chi connectivity index (χ1) is 12.7. The summed E-state index contributed by atoms with van der Waals surface area (Å²) in [6.45, 7) is 5.85. The molecule has 7 nitrogen and oxygen atoms in total. The summed E-state index contributed by atoms with van der Waals surface area (Å²) in [5.74, 6) is 2.92. The summed E-state index contributed by atoms with van der Waals surface area (Å²) in [7, 11) is 0. The average molecular weight is 367 g/mol. The third-order valence-corrected chi connectivity index (χ3v) is 5.32. The molecular weight excluding hydrogens is 346 g/mol. The van der Waals surface area contributed by atoms with Gasteiger partial charge in [0.05, 0.1) is 11.4 Å². The third-order valence-electron chi connectivity index (χ3n) is 4.44. The first-order valence-corrected chi connectivity index (χ1v) is 9.61. The Labute approximate surface area is 156 Å². The van der Waals surface area contributed by atoms with E-state index in [0.29, 0.717) is 5.92 Å². The van der Waals surface area contributed by atoms with Crippen LogP contribution in [0.1, 0.15) is 36.0 Å². The molecule has 1 aliphatic heterocycles. The number of piperidine rings is 1. The van der Waals surface area contributed by atoms with Crippen molar-refractivity contribution < 1.29 is 0 Å². The summed E-state index contributed by atoms with van der Waals surface area (Å²) in [6, 6.07) is 4.02. The number of nitrogens with one attached hydrogen (secondary N) is 1. The summed E-state index contributed by atoms with van der Waals surface area (Å²) in [5, 5.41) is 6.19. The van der Waals surface area contributed by atoms with Gasteiger partial charge in [-0.15, -0.1) is 11.3 Å². The standard InChI is InChI=1S/C18H21N7S/c1-12-10-26-18(21-12)24-16-8-15(22-13(2)23-16)14-4-3-7-25(9-14)17-5-6-19-11-20-17/h5-6,8,10-11,14H,3-4,7,9H2,1-2H3,(H,21,22,23,24). The Hall–Kier alpha value is -2.61. The molecule has 8 heteroatoms. The van der Waals surface area contributed by atoms with Crippen LogP contribution in [0.2, 0.25) is 0 Å².